The number of carbonyl (C=O) groups excluding carboxylic acids is 1. The van der Waals surface area contributed by atoms with Crippen molar-refractivity contribution in [3.05, 3.63) is 24.3 Å². The number of alkyl halides is 1. The molecular formula is C43H83ClN2O2. The first kappa shape index (κ1) is 47.2. The van der Waals surface area contributed by atoms with E-state index in [1.807, 2.05) is 0 Å². The van der Waals surface area contributed by atoms with E-state index in [2.05, 4.69) is 54.9 Å². The van der Waals surface area contributed by atoms with Crippen molar-refractivity contribution in [3.8, 4) is 0 Å². The zero-order valence-electron chi connectivity index (χ0n) is 32.6. The van der Waals surface area contributed by atoms with Gasteiger partial charge in [-0.2, -0.15) is 0 Å². The molecule has 5 heteroatoms. The third kappa shape index (κ3) is 36.4. The van der Waals surface area contributed by atoms with Crippen LogP contribution in [0, 0.1) is 0 Å². The molecule has 0 saturated carbocycles. The maximum atomic E-state index is 12.6. The Morgan fingerprint density at radius 2 is 0.854 bits per heavy atom. The largest absolute Gasteiger partial charge is 0.465 e. The Balaban J connectivity index is 3.99. The Labute approximate surface area is 306 Å². The predicted octanol–water partition coefficient (Wildman–Crippen LogP) is 13.1. The molecule has 0 heterocycles. The van der Waals surface area contributed by atoms with E-state index in [9.17, 15) is 4.79 Å². The van der Waals surface area contributed by atoms with E-state index in [1.165, 1.54) is 161 Å². The lowest BCUT2D eigenvalue weighted by Gasteiger charge is -2.21. The molecule has 0 atom stereocenters. The van der Waals surface area contributed by atoms with Crippen molar-refractivity contribution in [2.24, 2.45) is 0 Å². The highest BCUT2D eigenvalue weighted by Gasteiger charge is 2.11. The summed E-state index contributed by atoms with van der Waals surface area (Å²) in [7, 11) is 0. The number of halogens is 1. The highest BCUT2D eigenvalue weighted by atomic mass is 35.5. The predicted molar refractivity (Wildman–Crippen MR) is 215 cm³/mol. The van der Waals surface area contributed by atoms with Gasteiger partial charge in [0.15, 0.2) is 0 Å². The van der Waals surface area contributed by atoms with Crippen LogP contribution >= 0.6 is 11.6 Å². The van der Waals surface area contributed by atoms with Crippen molar-refractivity contribution in [1.82, 2.24) is 9.80 Å². The van der Waals surface area contributed by atoms with Gasteiger partial charge in [0.25, 0.3) is 0 Å². The number of rotatable bonds is 39. The van der Waals surface area contributed by atoms with Crippen LogP contribution in [0.3, 0.4) is 0 Å². The molecule has 0 bridgehead atoms. The topological polar surface area (TPSA) is 32.8 Å². The number of unbranched alkanes of at least 4 members (excludes halogenated alkanes) is 21. The number of hydrogen-bond donors (Lipinski definition) is 0. The Kier molecular flexibility index (Phi) is 39.9. The third-order valence-corrected chi connectivity index (χ3v) is 9.64. The highest BCUT2D eigenvalue weighted by molar-refractivity contribution is 6.18. The van der Waals surface area contributed by atoms with Gasteiger partial charge in [0.2, 0.25) is 0 Å². The molecule has 284 valence electrons. The second-order valence-corrected chi connectivity index (χ2v) is 14.6. The van der Waals surface area contributed by atoms with Crippen molar-refractivity contribution in [2.45, 2.75) is 194 Å². The van der Waals surface area contributed by atoms with Crippen LogP contribution in [0.5, 0.6) is 0 Å². The summed E-state index contributed by atoms with van der Waals surface area (Å²) in [5.74, 6) is 0.682. The summed E-state index contributed by atoms with van der Waals surface area (Å²) in [6.45, 7) is 13.0. The minimum Gasteiger partial charge on any atom is -0.465 e. The van der Waals surface area contributed by atoms with Crippen molar-refractivity contribution < 1.29 is 9.53 Å². The molecule has 0 fully saturated rings. The summed E-state index contributed by atoms with van der Waals surface area (Å²) in [5.41, 5.74) is 0. The first-order valence-corrected chi connectivity index (χ1v) is 21.7. The van der Waals surface area contributed by atoms with Crippen molar-refractivity contribution in [3.63, 3.8) is 0 Å². The van der Waals surface area contributed by atoms with Gasteiger partial charge in [-0.05, 0) is 70.9 Å². The Morgan fingerprint density at radius 3 is 1.31 bits per heavy atom. The van der Waals surface area contributed by atoms with Crippen molar-refractivity contribution in [2.75, 3.05) is 51.8 Å². The lowest BCUT2D eigenvalue weighted by Crippen LogP contribution is -2.32. The van der Waals surface area contributed by atoms with Crippen LogP contribution in [0.1, 0.15) is 194 Å². The standard InChI is InChI=1S/C43H83ClN2O2/c1-4-7-10-13-16-17-18-22-25-30-36-45(40-35-44)37-31-26-23-19-24-29-34-41-48-43(47)42-46(38-32-27-20-14-11-8-5-2)39-33-28-21-15-12-9-6-3/h20-21,27-28H,4-19,22-26,29-42H2,1-3H3/b27-20-,28-21-. The fourth-order valence-electron chi connectivity index (χ4n) is 6.29. The average Bonchev–Trinajstić information content (AvgIpc) is 3.08. The zero-order valence-corrected chi connectivity index (χ0v) is 33.4. The molecule has 0 aromatic carbocycles. The van der Waals surface area contributed by atoms with E-state index < -0.39 is 0 Å². The second-order valence-electron chi connectivity index (χ2n) is 14.2. The maximum Gasteiger partial charge on any atom is 0.320 e. The third-order valence-electron chi connectivity index (χ3n) is 9.47. The smallest absolute Gasteiger partial charge is 0.320 e. The van der Waals surface area contributed by atoms with Crippen LogP contribution in [-0.2, 0) is 9.53 Å². The number of ether oxygens (including phenoxy) is 1. The lowest BCUT2D eigenvalue weighted by molar-refractivity contribution is -0.145. The first-order chi connectivity index (χ1) is 23.7. The van der Waals surface area contributed by atoms with Gasteiger partial charge < -0.3 is 9.64 Å². The van der Waals surface area contributed by atoms with Crippen LogP contribution < -0.4 is 0 Å². The highest BCUT2D eigenvalue weighted by Crippen LogP contribution is 2.12. The minimum absolute atomic E-state index is 0.0619. The van der Waals surface area contributed by atoms with Gasteiger partial charge in [-0.15, -0.1) is 11.6 Å². The number of carbonyl (C=O) groups is 1. The molecule has 0 saturated heterocycles. The van der Waals surface area contributed by atoms with Crippen LogP contribution in [0.4, 0.5) is 0 Å². The Bertz CT molecular complexity index is 674. The van der Waals surface area contributed by atoms with Gasteiger partial charge in [-0.25, -0.2) is 0 Å². The fraction of sp³-hybridized carbons (Fsp3) is 0.884. The van der Waals surface area contributed by atoms with Gasteiger partial charge >= 0.3 is 5.97 Å². The number of allylic oxidation sites excluding steroid dienone is 2. The van der Waals surface area contributed by atoms with Crippen LogP contribution in [0.15, 0.2) is 24.3 Å². The molecular weight excluding hydrogens is 612 g/mol. The zero-order chi connectivity index (χ0) is 35.0. The van der Waals surface area contributed by atoms with Gasteiger partial charge in [-0.1, -0.05) is 161 Å². The molecule has 0 aromatic rings. The number of nitrogens with zero attached hydrogens (tertiary/aromatic N) is 2. The summed E-state index contributed by atoms with van der Waals surface area (Å²) in [4.78, 5) is 17.5. The molecule has 0 amide bonds. The monoisotopic (exact) mass is 695 g/mol. The van der Waals surface area contributed by atoms with Crippen LogP contribution in [-0.4, -0.2) is 67.5 Å². The van der Waals surface area contributed by atoms with Gasteiger partial charge in [0.1, 0.15) is 0 Å². The molecule has 0 radical (unpaired) electrons. The Hall–Kier alpha value is -0.840. The molecule has 4 nitrogen and oxygen atoms in total. The first-order valence-electron chi connectivity index (χ1n) is 21.1. The van der Waals surface area contributed by atoms with Gasteiger partial charge in [0.05, 0.1) is 13.2 Å². The number of hydrogen-bond acceptors (Lipinski definition) is 4. The van der Waals surface area contributed by atoms with Gasteiger partial charge in [-0.3, -0.25) is 9.69 Å². The number of esters is 1. The quantitative estimate of drug-likeness (QED) is 0.0277. The SMILES string of the molecule is CCCCC/C=C\CCN(CC/C=C\CCCCC)CC(=O)OCCCCCCCCCN(CCCl)CCCCCCCCCCCC. The minimum atomic E-state index is -0.0619. The molecule has 0 aliphatic carbocycles. The van der Waals surface area contributed by atoms with E-state index in [1.54, 1.807) is 0 Å². The molecule has 0 N–H and O–H groups in total. The van der Waals surface area contributed by atoms with E-state index in [0.717, 1.165) is 51.2 Å². The molecule has 0 unspecified atom stereocenters. The Morgan fingerprint density at radius 1 is 0.458 bits per heavy atom. The van der Waals surface area contributed by atoms with Gasteiger partial charge in [0, 0.05) is 25.5 Å². The summed E-state index contributed by atoms with van der Waals surface area (Å²) in [6, 6.07) is 0. The lowest BCUT2D eigenvalue weighted by atomic mass is 10.1. The summed E-state index contributed by atoms with van der Waals surface area (Å²) < 4.78 is 5.65. The molecule has 0 rings (SSSR count). The average molecular weight is 696 g/mol. The summed E-state index contributed by atoms with van der Waals surface area (Å²) in [5, 5.41) is 0. The van der Waals surface area contributed by atoms with E-state index in [4.69, 9.17) is 16.3 Å². The molecule has 0 aliphatic heterocycles. The van der Waals surface area contributed by atoms with E-state index in [0.29, 0.717) is 13.2 Å². The molecule has 0 spiro atoms. The normalized spacial score (nSPS) is 12.0. The van der Waals surface area contributed by atoms with Crippen LogP contribution in [0.2, 0.25) is 0 Å². The molecule has 0 aromatic heterocycles. The summed E-state index contributed by atoms with van der Waals surface area (Å²) in [6.07, 6.45) is 43.8. The second kappa shape index (κ2) is 40.6. The van der Waals surface area contributed by atoms with E-state index >= 15 is 0 Å². The van der Waals surface area contributed by atoms with E-state index in [-0.39, 0.29) is 5.97 Å². The maximum absolute atomic E-state index is 12.6. The van der Waals surface area contributed by atoms with Crippen molar-refractivity contribution >= 4 is 17.6 Å². The van der Waals surface area contributed by atoms with Crippen molar-refractivity contribution in [1.29, 1.82) is 0 Å². The van der Waals surface area contributed by atoms with Crippen LogP contribution in [0.25, 0.3) is 0 Å². The molecule has 48 heavy (non-hydrogen) atoms. The molecule has 0 aliphatic rings. The summed E-state index contributed by atoms with van der Waals surface area (Å²) >= 11 is 6.10. The fourth-order valence-corrected chi connectivity index (χ4v) is 6.53.